The number of fused-ring (bicyclic) bond motifs is 1. The lowest BCUT2D eigenvalue weighted by Gasteiger charge is -2.55. The minimum absolute atomic E-state index is 0.0877. The molecule has 0 unspecified atom stereocenters. The van der Waals surface area contributed by atoms with Crippen molar-refractivity contribution in [2.24, 2.45) is 11.3 Å². The second-order valence-corrected chi connectivity index (χ2v) is 11.7. The van der Waals surface area contributed by atoms with Crippen LogP contribution < -0.4 is 10.1 Å². The third-order valence-electron chi connectivity index (χ3n) is 8.90. The number of aryl methyl sites for hydroxylation is 1. The number of hydrogen-bond acceptors (Lipinski definition) is 5. The van der Waals surface area contributed by atoms with E-state index >= 15 is 0 Å². The maximum atomic E-state index is 14.2. The van der Waals surface area contributed by atoms with Crippen LogP contribution in [0.4, 0.5) is 14.5 Å². The summed E-state index contributed by atoms with van der Waals surface area (Å²) in [7, 11) is 1.67. The minimum Gasteiger partial charge on any atom is -0.496 e. The number of nitrogens with zero attached hydrogens (tertiary/aromatic N) is 1. The van der Waals surface area contributed by atoms with Gasteiger partial charge in [0.25, 0.3) is 0 Å². The number of carboxylic acids is 1. The van der Waals surface area contributed by atoms with Crippen LogP contribution in [0.15, 0.2) is 36.5 Å². The number of hydrogen-bond donors (Lipinski definition) is 3. The van der Waals surface area contributed by atoms with Crippen molar-refractivity contribution >= 4 is 22.6 Å². The second-order valence-electron chi connectivity index (χ2n) is 11.7. The summed E-state index contributed by atoms with van der Waals surface area (Å²) in [4.78, 5) is 17.5. The quantitative estimate of drug-likeness (QED) is 0.326. The number of carbonyl (C=O) groups is 1. The number of benzene rings is 2. The first-order valence-electron chi connectivity index (χ1n) is 13.6. The number of piperidine rings is 1. The number of alkyl halides is 2. The van der Waals surface area contributed by atoms with Crippen LogP contribution in [0.3, 0.4) is 0 Å². The first-order chi connectivity index (χ1) is 18.7. The maximum Gasteiger partial charge on any atom is 0.335 e. The van der Waals surface area contributed by atoms with Gasteiger partial charge in [-0.1, -0.05) is 6.07 Å². The summed E-state index contributed by atoms with van der Waals surface area (Å²) in [6.45, 7) is 5.32. The molecule has 3 heterocycles. The number of nitrogens with one attached hydrogen (secondary N) is 2. The van der Waals surface area contributed by atoms with E-state index in [1.165, 1.54) is 0 Å². The smallest absolute Gasteiger partial charge is 0.335 e. The van der Waals surface area contributed by atoms with Crippen molar-refractivity contribution in [2.75, 3.05) is 38.7 Å². The number of likely N-dealkylation sites (tertiary alicyclic amines) is 1. The fraction of sp³-hybridized carbons (Fsp3) is 0.500. The highest BCUT2D eigenvalue weighted by Crippen LogP contribution is 2.61. The summed E-state index contributed by atoms with van der Waals surface area (Å²) in [6.07, 6.45) is 3.06. The average Bonchev–Trinajstić information content (AvgIpc) is 3.35. The van der Waals surface area contributed by atoms with Crippen molar-refractivity contribution in [3.05, 3.63) is 58.8 Å². The molecule has 6 rings (SSSR count). The summed E-state index contributed by atoms with van der Waals surface area (Å²) in [5.41, 5.74) is 4.71. The highest BCUT2D eigenvalue weighted by molar-refractivity contribution is 5.89. The molecule has 1 atom stereocenters. The van der Waals surface area contributed by atoms with Crippen LogP contribution in [0.1, 0.15) is 58.8 Å². The largest absolute Gasteiger partial charge is 0.496 e. The van der Waals surface area contributed by atoms with Crippen molar-refractivity contribution in [3.8, 4) is 5.75 Å². The third-order valence-corrected chi connectivity index (χ3v) is 8.90. The van der Waals surface area contributed by atoms with Gasteiger partial charge in [-0.15, -0.1) is 0 Å². The zero-order valence-corrected chi connectivity index (χ0v) is 22.4. The van der Waals surface area contributed by atoms with Gasteiger partial charge in [0.15, 0.2) is 0 Å². The Hall–Kier alpha value is -3.17. The summed E-state index contributed by atoms with van der Waals surface area (Å²) in [6, 6.07) is 9.12. The summed E-state index contributed by atoms with van der Waals surface area (Å²) in [5.74, 6) is -2.43. The molecule has 39 heavy (non-hydrogen) atoms. The van der Waals surface area contributed by atoms with E-state index in [4.69, 9.17) is 9.47 Å². The topological polar surface area (TPSA) is 86.8 Å². The lowest BCUT2D eigenvalue weighted by molar-refractivity contribution is -0.186. The van der Waals surface area contributed by atoms with Gasteiger partial charge in [-0.25, -0.2) is 13.6 Å². The average molecular weight is 540 g/mol. The first kappa shape index (κ1) is 26.1. The van der Waals surface area contributed by atoms with Gasteiger partial charge in [-0.05, 0) is 67.1 Å². The first-order valence-corrected chi connectivity index (χ1v) is 13.6. The van der Waals surface area contributed by atoms with Crippen LogP contribution >= 0.6 is 0 Å². The standard InChI is InChI=1S/C30H35F2N3O4/c1-18-9-26(38-2)23(21-5-7-33-27(18)21)13-35-8-6-29(16-30(31,32)17-29)11-25(35)22-4-3-20(28(36)37)10-24(22)34-12-19-14-39-15-19/h3-5,7,9-10,19,25,33-34H,6,8,11-17H2,1-2H3,(H,36,37)/t25-/m0/s1. The van der Waals surface area contributed by atoms with Crippen molar-refractivity contribution in [1.82, 2.24) is 9.88 Å². The van der Waals surface area contributed by atoms with Gasteiger partial charge < -0.3 is 24.9 Å². The van der Waals surface area contributed by atoms with Gasteiger partial charge >= 0.3 is 5.97 Å². The van der Waals surface area contributed by atoms with Gasteiger partial charge in [0, 0.05) is 66.2 Å². The van der Waals surface area contributed by atoms with Gasteiger partial charge in [0.05, 0.1) is 25.9 Å². The predicted octanol–water partition coefficient (Wildman–Crippen LogP) is 5.99. The number of ether oxygens (including phenoxy) is 2. The monoisotopic (exact) mass is 539 g/mol. The van der Waals surface area contributed by atoms with E-state index in [9.17, 15) is 18.7 Å². The maximum absolute atomic E-state index is 14.2. The molecule has 1 saturated carbocycles. The van der Waals surface area contributed by atoms with Crippen molar-refractivity contribution < 1.29 is 28.2 Å². The number of aromatic nitrogens is 1. The van der Waals surface area contributed by atoms with E-state index < -0.39 is 17.3 Å². The molecule has 7 nitrogen and oxygen atoms in total. The molecule has 2 aromatic carbocycles. The Labute approximate surface area is 226 Å². The molecule has 0 amide bonds. The van der Waals surface area contributed by atoms with Crippen LogP contribution in [-0.2, 0) is 11.3 Å². The molecule has 3 aliphatic rings. The van der Waals surface area contributed by atoms with Gasteiger partial charge in [-0.3, -0.25) is 4.90 Å². The predicted molar refractivity (Wildman–Crippen MR) is 145 cm³/mol. The lowest BCUT2D eigenvalue weighted by Crippen LogP contribution is -2.53. The molecule has 1 aromatic heterocycles. The normalized spacial score (nSPS) is 22.4. The second kappa shape index (κ2) is 9.78. The van der Waals surface area contributed by atoms with Gasteiger partial charge in [0.2, 0.25) is 5.92 Å². The van der Waals surface area contributed by atoms with Crippen LogP contribution in [0.25, 0.3) is 10.9 Å². The number of rotatable bonds is 8. The third kappa shape index (κ3) is 4.87. The van der Waals surface area contributed by atoms with E-state index in [-0.39, 0.29) is 24.4 Å². The lowest BCUT2D eigenvalue weighted by atomic mass is 9.58. The number of anilines is 1. The number of carboxylic acid groups (broad SMARTS) is 1. The Morgan fingerprint density at radius 3 is 2.72 bits per heavy atom. The van der Waals surface area contributed by atoms with E-state index in [2.05, 4.69) is 21.3 Å². The number of aromatic amines is 1. The number of aromatic carboxylic acids is 1. The molecule has 2 saturated heterocycles. The van der Waals surface area contributed by atoms with Crippen molar-refractivity contribution in [3.63, 3.8) is 0 Å². The van der Waals surface area contributed by atoms with Crippen molar-refractivity contribution in [2.45, 2.75) is 51.1 Å². The molecular weight excluding hydrogens is 504 g/mol. The van der Waals surface area contributed by atoms with Crippen LogP contribution in [0, 0.1) is 18.3 Å². The SMILES string of the molecule is COc1cc(C)c2[nH]ccc2c1CN1CCC2(C[C@H]1c1ccc(C(=O)O)cc1NCC1COC1)CC(F)(F)C2. The molecule has 0 bridgehead atoms. The molecule has 3 aromatic rings. The Morgan fingerprint density at radius 1 is 1.26 bits per heavy atom. The molecule has 2 aliphatic heterocycles. The van der Waals surface area contributed by atoms with Crippen LogP contribution in [0.2, 0.25) is 0 Å². The summed E-state index contributed by atoms with van der Waals surface area (Å²) < 4.78 is 39.5. The molecule has 208 valence electrons. The summed E-state index contributed by atoms with van der Waals surface area (Å²) >= 11 is 0. The van der Waals surface area contributed by atoms with E-state index in [1.807, 2.05) is 25.3 Å². The van der Waals surface area contributed by atoms with Gasteiger partial charge in [0.1, 0.15) is 5.75 Å². The van der Waals surface area contributed by atoms with Crippen LogP contribution in [-0.4, -0.2) is 60.3 Å². The fourth-order valence-electron chi connectivity index (χ4n) is 6.81. The number of halogens is 2. The zero-order valence-electron chi connectivity index (χ0n) is 22.4. The molecule has 3 N–H and O–H groups in total. The summed E-state index contributed by atoms with van der Waals surface area (Å²) in [5, 5.41) is 14.2. The number of H-pyrrole nitrogens is 1. The molecular formula is C30H35F2N3O4. The van der Waals surface area contributed by atoms with Crippen LogP contribution in [0.5, 0.6) is 5.75 Å². The Balaban J connectivity index is 1.39. The van der Waals surface area contributed by atoms with E-state index in [0.717, 1.165) is 39.0 Å². The molecule has 1 spiro atoms. The molecule has 1 aliphatic carbocycles. The Kier molecular flexibility index (Phi) is 6.54. The zero-order chi connectivity index (χ0) is 27.4. The minimum atomic E-state index is -2.61. The fourth-order valence-corrected chi connectivity index (χ4v) is 6.81. The Morgan fingerprint density at radius 2 is 2.05 bits per heavy atom. The highest BCUT2D eigenvalue weighted by Gasteiger charge is 2.58. The Bertz CT molecular complexity index is 1390. The van der Waals surface area contributed by atoms with Gasteiger partial charge in [-0.2, -0.15) is 0 Å². The molecule has 3 fully saturated rings. The van der Waals surface area contributed by atoms with E-state index in [1.54, 1.807) is 19.2 Å². The van der Waals surface area contributed by atoms with E-state index in [0.29, 0.717) is 51.6 Å². The highest BCUT2D eigenvalue weighted by atomic mass is 19.3. The molecule has 0 radical (unpaired) electrons. The van der Waals surface area contributed by atoms with Crippen molar-refractivity contribution in [1.29, 1.82) is 0 Å². The molecule has 9 heteroatoms. The number of methoxy groups -OCH3 is 1.